The number of rotatable bonds is 10. The predicted octanol–water partition coefficient (Wildman–Crippen LogP) is 6.73. The number of thiol groups is 2. The zero-order valence-electron chi connectivity index (χ0n) is 20.0. The molecular weight excluding hydrogens is 494 g/mol. The molecule has 1 aliphatic rings. The van der Waals surface area contributed by atoms with Crippen LogP contribution in [-0.4, -0.2) is 33.8 Å². The van der Waals surface area contributed by atoms with Crippen molar-refractivity contribution in [2.75, 3.05) is 17.6 Å². The lowest BCUT2D eigenvalue weighted by molar-refractivity contribution is -0.117. The van der Waals surface area contributed by atoms with Crippen LogP contribution in [0.3, 0.4) is 0 Å². The van der Waals surface area contributed by atoms with Gasteiger partial charge in [-0.05, 0) is 73.9 Å². The number of benzene rings is 2. The molecule has 0 spiro atoms. The molecule has 35 heavy (non-hydrogen) atoms. The molecule has 1 aliphatic carbocycles. The van der Waals surface area contributed by atoms with Gasteiger partial charge in [0.25, 0.3) is 0 Å². The number of anilines is 1. The summed E-state index contributed by atoms with van der Waals surface area (Å²) in [5, 5.41) is 5.49. The van der Waals surface area contributed by atoms with Gasteiger partial charge in [-0.15, -0.1) is 0 Å². The van der Waals surface area contributed by atoms with E-state index in [1.54, 1.807) is 4.90 Å². The Bertz CT molecular complexity index is 1220. The summed E-state index contributed by atoms with van der Waals surface area (Å²) in [6.45, 7) is 3.26. The summed E-state index contributed by atoms with van der Waals surface area (Å²) in [7, 11) is 0. The van der Waals surface area contributed by atoms with E-state index >= 15 is 0 Å². The van der Waals surface area contributed by atoms with Crippen molar-refractivity contribution in [3.05, 3.63) is 81.6 Å². The smallest absolute Gasteiger partial charge is 0.214 e. The molecule has 0 fully saturated rings. The van der Waals surface area contributed by atoms with Gasteiger partial charge >= 0.3 is 0 Å². The van der Waals surface area contributed by atoms with Gasteiger partial charge in [0.2, 0.25) is 6.41 Å². The van der Waals surface area contributed by atoms with Crippen LogP contribution in [0.1, 0.15) is 43.0 Å². The lowest BCUT2D eigenvalue weighted by atomic mass is 9.92. The van der Waals surface area contributed by atoms with Gasteiger partial charge in [0, 0.05) is 45.0 Å². The molecule has 184 valence electrons. The van der Waals surface area contributed by atoms with Crippen LogP contribution < -0.4 is 5.32 Å². The second kappa shape index (κ2) is 12.2. The number of fused-ring (bicyclic) bond motifs is 2. The van der Waals surface area contributed by atoms with E-state index in [0.29, 0.717) is 17.3 Å². The highest BCUT2D eigenvalue weighted by Gasteiger charge is 2.20. The Morgan fingerprint density at radius 3 is 2.71 bits per heavy atom. The van der Waals surface area contributed by atoms with E-state index in [-0.39, 0.29) is 5.25 Å². The molecule has 4 nitrogen and oxygen atoms in total. The van der Waals surface area contributed by atoms with Crippen LogP contribution in [0.25, 0.3) is 10.9 Å². The van der Waals surface area contributed by atoms with E-state index in [4.69, 9.17) is 29.2 Å². The minimum atomic E-state index is -0.0414. The number of nitrogens with zero attached hydrogens (tertiary/aromatic N) is 2. The second-order valence-electron chi connectivity index (χ2n) is 8.99. The summed E-state index contributed by atoms with van der Waals surface area (Å²) in [4.78, 5) is 18.7. The minimum absolute atomic E-state index is 0.0414. The maximum atomic E-state index is 12.0. The number of allylic oxidation sites excluding steroid dienone is 1. The number of aryl methyl sites for hydroxylation is 1. The van der Waals surface area contributed by atoms with Crippen LogP contribution in [0.4, 0.5) is 5.69 Å². The van der Waals surface area contributed by atoms with Crippen molar-refractivity contribution in [2.24, 2.45) is 0 Å². The van der Waals surface area contributed by atoms with E-state index in [1.165, 1.54) is 24.1 Å². The second-order valence-corrected chi connectivity index (χ2v) is 10.4. The normalized spacial score (nSPS) is 14.7. The lowest BCUT2D eigenvalue weighted by Gasteiger charge is -2.26. The monoisotopic (exact) mass is 525 g/mol. The molecule has 1 atom stereocenters. The average Bonchev–Trinajstić information content (AvgIpc) is 2.88. The van der Waals surface area contributed by atoms with Gasteiger partial charge in [0.15, 0.2) is 0 Å². The van der Waals surface area contributed by atoms with Crippen molar-refractivity contribution in [1.29, 1.82) is 0 Å². The standard InChI is InChI=1S/C28H32ClN3OS2/c1-19(32(18-33)16-20-7-3-2-4-8-20)22(27(35)17-34)13-14-30-28-23-9-5-6-10-25(23)31-26-15-21(29)11-12-24(26)28/h2-4,7-8,11-12,15,18,27,34-35H,5-6,9-10,13-14,16-17H2,1H3,(H,30,31). The summed E-state index contributed by atoms with van der Waals surface area (Å²) in [6, 6.07) is 16.0. The van der Waals surface area contributed by atoms with E-state index in [2.05, 4.69) is 24.0 Å². The van der Waals surface area contributed by atoms with Crippen LogP contribution in [-0.2, 0) is 24.2 Å². The Morgan fingerprint density at radius 2 is 1.97 bits per heavy atom. The van der Waals surface area contributed by atoms with E-state index in [9.17, 15) is 4.79 Å². The molecule has 2 aromatic carbocycles. The van der Waals surface area contributed by atoms with Gasteiger partial charge in [-0.3, -0.25) is 9.78 Å². The Labute approximate surface area is 224 Å². The third-order valence-corrected chi connectivity index (χ3v) is 8.10. The molecule has 0 saturated carbocycles. The number of halogens is 1. The molecular formula is C28H32ClN3OS2. The largest absolute Gasteiger partial charge is 0.384 e. The molecule has 0 saturated heterocycles. The fraction of sp³-hybridized carbons (Fsp3) is 0.357. The van der Waals surface area contributed by atoms with Crippen molar-refractivity contribution < 1.29 is 4.79 Å². The highest BCUT2D eigenvalue weighted by molar-refractivity contribution is 7.84. The maximum Gasteiger partial charge on any atom is 0.214 e. The number of amides is 1. The molecule has 4 rings (SSSR count). The van der Waals surface area contributed by atoms with Crippen LogP contribution in [0.15, 0.2) is 59.8 Å². The van der Waals surface area contributed by atoms with Gasteiger partial charge in [0.1, 0.15) is 0 Å². The number of pyridine rings is 1. The summed E-state index contributed by atoms with van der Waals surface area (Å²) in [5.41, 5.74) is 7.75. The van der Waals surface area contributed by atoms with Gasteiger partial charge in [0.05, 0.1) is 12.1 Å². The molecule has 7 heteroatoms. The maximum absolute atomic E-state index is 12.0. The van der Waals surface area contributed by atoms with Gasteiger partial charge < -0.3 is 10.2 Å². The topological polar surface area (TPSA) is 45.2 Å². The Kier molecular flexibility index (Phi) is 9.04. The molecule has 0 bridgehead atoms. The van der Waals surface area contributed by atoms with Crippen LogP contribution in [0.5, 0.6) is 0 Å². The zero-order valence-corrected chi connectivity index (χ0v) is 22.6. The van der Waals surface area contributed by atoms with Crippen molar-refractivity contribution in [3.63, 3.8) is 0 Å². The average molecular weight is 526 g/mol. The summed E-state index contributed by atoms with van der Waals surface area (Å²) in [5.74, 6) is 0.597. The summed E-state index contributed by atoms with van der Waals surface area (Å²) >= 11 is 15.6. The molecule has 1 N–H and O–H groups in total. The minimum Gasteiger partial charge on any atom is -0.384 e. The molecule has 1 unspecified atom stereocenters. The highest BCUT2D eigenvalue weighted by atomic mass is 35.5. The quantitative estimate of drug-likeness (QED) is 0.203. The van der Waals surface area contributed by atoms with Crippen molar-refractivity contribution >= 4 is 59.9 Å². The van der Waals surface area contributed by atoms with Gasteiger partial charge in [-0.1, -0.05) is 41.9 Å². The van der Waals surface area contributed by atoms with E-state index < -0.39 is 0 Å². The van der Waals surface area contributed by atoms with Crippen LogP contribution in [0.2, 0.25) is 5.02 Å². The Morgan fingerprint density at radius 1 is 1.20 bits per heavy atom. The van der Waals surface area contributed by atoms with Crippen molar-refractivity contribution in [3.8, 4) is 0 Å². The van der Waals surface area contributed by atoms with Crippen molar-refractivity contribution in [1.82, 2.24) is 9.88 Å². The Hall–Kier alpha value is -2.15. The number of hydrogen-bond donors (Lipinski definition) is 3. The fourth-order valence-electron chi connectivity index (χ4n) is 4.82. The first-order valence-electron chi connectivity index (χ1n) is 12.1. The molecule has 0 aliphatic heterocycles. The third-order valence-electron chi connectivity index (χ3n) is 6.71. The Balaban J connectivity index is 1.59. The first-order chi connectivity index (χ1) is 17.0. The first kappa shape index (κ1) is 25.9. The van der Waals surface area contributed by atoms with Gasteiger partial charge in [-0.25, -0.2) is 0 Å². The van der Waals surface area contributed by atoms with Gasteiger partial charge in [-0.2, -0.15) is 25.3 Å². The summed E-state index contributed by atoms with van der Waals surface area (Å²) < 4.78 is 0. The first-order valence-corrected chi connectivity index (χ1v) is 13.6. The molecule has 1 aromatic heterocycles. The van der Waals surface area contributed by atoms with Crippen LogP contribution >= 0.6 is 36.9 Å². The lowest BCUT2D eigenvalue weighted by Crippen LogP contribution is -2.24. The van der Waals surface area contributed by atoms with Crippen molar-refractivity contribution in [2.45, 2.75) is 50.8 Å². The third kappa shape index (κ3) is 6.16. The SMILES string of the molecule is CC(=C(CCNc1c2c(nc3cc(Cl)ccc13)CCCC2)C(S)CS)N(C=O)Cc1ccccc1. The number of hydrogen-bond acceptors (Lipinski definition) is 5. The zero-order chi connectivity index (χ0) is 24.8. The summed E-state index contributed by atoms with van der Waals surface area (Å²) in [6.07, 6.45) is 6.05. The number of aromatic nitrogens is 1. The fourth-order valence-corrected chi connectivity index (χ4v) is 5.52. The number of nitrogens with one attached hydrogen (secondary N) is 1. The highest BCUT2D eigenvalue weighted by Crippen LogP contribution is 2.34. The van der Waals surface area contributed by atoms with E-state index in [1.807, 2.05) is 49.4 Å². The molecule has 1 amide bonds. The number of carbonyl (C=O) groups is 1. The van der Waals surface area contributed by atoms with Crippen LogP contribution in [0, 0.1) is 0 Å². The number of carbonyl (C=O) groups excluding carboxylic acids is 1. The molecule has 0 radical (unpaired) electrons. The van der Waals surface area contributed by atoms with E-state index in [0.717, 1.165) is 65.6 Å². The molecule has 1 heterocycles. The molecule has 3 aromatic rings. The predicted molar refractivity (Wildman–Crippen MR) is 154 cm³/mol.